The Kier molecular flexibility index (Phi) is 4.19. The van der Waals surface area contributed by atoms with Gasteiger partial charge < -0.3 is 14.5 Å². The number of carbonyl (C=O) groups excluding carboxylic acids is 1. The summed E-state index contributed by atoms with van der Waals surface area (Å²) in [6.45, 7) is 7.10. The van der Waals surface area contributed by atoms with E-state index in [0.29, 0.717) is 6.54 Å². The van der Waals surface area contributed by atoms with Gasteiger partial charge in [-0.25, -0.2) is 9.78 Å². The van der Waals surface area contributed by atoms with Crippen LogP contribution >= 0.6 is 11.3 Å². The van der Waals surface area contributed by atoms with E-state index in [1.807, 2.05) is 39.0 Å². The van der Waals surface area contributed by atoms with E-state index in [9.17, 15) is 4.79 Å². The number of anilines is 1. The van der Waals surface area contributed by atoms with E-state index in [2.05, 4.69) is 18.0 Å². The third kappa shape index (κ3) is 3.58. The van der Waals surface area contributed by atoms with Crippen molar-refractivity contribution in [2.45, 2.75) is 38.8 Å². The molecule has 0 aliphatic carbocycles. The van der Waals surface area contributed by atoms with Crippen molar-refractivity contribution in [2.75, 3.05) is 25.0 Å². The summed E-state index contributed by atoms with van der Waals surface area (Å²) in [6, 6.07) is 8.44. The van der Waals surface area contributed by atoms with Crippen LogP contribution in [0.3, 0.4) is 0 Å². The third-order valence-electron chi connectivity index (χ3n) is 3.95. The predicted octanol–water partition coefficient (Wildman–Crippen LogP) is 3.74. The van der Waals surface area contributed by atoms with Crippen molar-refractivity contribution in [1.29, 1.82) is 0 Å². The molecule has 2 heterocycles. The van der Waals surface area contributed by atoms with Crippen molar-refractivity contribution >= 4 is 32.8 Å². The normalized spacial score (nSPS) is 18.4. The average molecular weight is 333 g/mol. The van der Waals surface area contributed by atoms with Crippen LogP contribution in [-0.4, -0.2) is 47.8 Å². The largest absolute Gasteiger partial charge is 0.444 e. The number of ether oxygens (including phenoxy) is 1. The minimum atomic E-state index is -0.450. The molecule has 1 aliphatic rings. The number of nitrogens with zero attached hydrogens (tertiary/aromatic N) is 3. The van der Waals surface area contributed by atoms with Gasteiger partial charge >= 0.3 is 6.09 Å². The number of amides is 1. The number of carbonyl (C=O) groups is 1. The van der Waals surface area contributed by atoms with Gasteiger partial charge in [-0.05, 0) is 39.3 Å². The Labute approximate surface area is 140 Å². The number of benzene rings is 1. The number of fused-ring (bicyclic) bond motifs is 1. The van der Waals surface area contributed by atoms with Crippen molar-refractivity contribution < 1.29 is 9.53 Å². The standard InChI is InChI=1S/C17H23N3O2S/c1-17(2,3)22-16(21)20-10-9-12(11-20)19(4)15-18-13-7-5-6-8-14(13)23-15/h5-8,12H,9-11H2,1-4H3. The highest BCUT2D eigenvalue weighted by Crippen LogP contribution is 2.30. The molecule has 1 unspecified atom stereocenters. The summed E-state index contributed by atoms with van der Waals surface area (Å²) in [4.78, 5) is 20.9. The molecule has 0 bridgehead atoms. The van der Waals surface area contributed by atoms with Crippen LogP contribution < -0.4 is 4.90 Å². The van der Waals surface area contributed by atoms with Crippen molar-refractivity contribution in [3.05, 3.63) is 24.3 Å². The summed E-state index contributed by atoms with van der Waals surface area (Å²) in [5, 5.41) is 1.00. The lowest BCUT2D eigenvalue weighted by Gasteiger charge is -2.26. The van der Waals surface area contributed by atoms with Gasteiger partial charge in [0.1, 0.15) is 5.60 Å². The van der Waals surface area contributed by atoms with E-state index in [0.717, 1.165) is 23.6 Å². The molecular weight excluding hydrogens is 310 g/mol. The van der Waals surface area contributed by atoms with Crippen LogP contribution in [0.1, 0.15) is 27.2 Å². The monoisotopic (exact) mass is 333 g/mol. The second kappa shape index (κ2) is 6.00. The van der Waals surface area contributed by atoms with Crippen molar-refractivity contribution in [2.24, 2.45) is 0 Å². The highest BCUT2D eigenvalue weighted by atomic mass is 32.1. The van der Waals surface area contributed by atoms with Crippen molar-refractivity contribution in [1.82, 2.24) is 9.88 Å². The first kappa shape index (κ1) is 16.1. The SMILES string of the molecule is CN(c1nc2ccccc2s1)C1CCN(C(=O)OC(C)(C)C)C1. The van der Waals surface area contributed by atoms with E-state index in [1.165, 1.54) is 4.70 Å². The molecule has 3 rings (SSSR count). The highest BCUT2D eigenvalue weighted by molar-refractivity contribution is 7.22. The summed E-state index contributed by atoms with van der Waals surface area (Å²) >= 11 is 1.69. The summed E-state index contributed by atoms with van der Waals surface area (Å²) in [5.74, 6) is 0. The molecule has 1 amide bonds. The molecule has 1 saturated heterocycles. The molecule has 1 atom stereocenters. The molecule has 0 radical (unpaired) electrons. The molecule has 5 nitrogen and oxygen atoms in total. The van der Waals surface area contributed by atoms with Crippen molar-refractivity contribution in [3.63, 3.8) is 0 Å². The topological polar surface area (TPSA) is 45.7 Å². The maximum Gasteiger partial charge on any atom is 0.410 e. The van der Waals surface area contributed by atoms with Crippen LogP contribution in [0.25, 0.3) is 10.2 Å². The Morgan fingerprint density at radius 1 is 1.39 bits per heavy atom. The minimum absolute atomic E-state index is 0.224. The van der Waals surface area contributed by atoms with E-state index in [1.54, 1.807) is 16.2 Å². The van der Waals surface area contributed by atoms with E-state index in [4.69, 9.17) is 9.72 Å². The number of rotatable bonds is 2. The zero-order valence-electron chi connectivity index (χ0n) is 14.1. The molecule has 124 valence electrons. The maximum atomic E-state index is 12.2. The molecule has 1 fully saturated rings. The van der Waals surface area contributed by atoms with Crippen LogP contribution in [-0.2, 0) is 4.74 Å². The van der Waals surface area contributed by atoms with Crippen LogP contribution in [0.15, 0.2) is 24.3 Å². The van der Waals surface area contributed by atoms with Crippen LogP contribution in [0.4, 0.5) is 9.93 Å². The van der Waals surface area contributed by atoms with Crippen LogP contribution in [0.5, 0.6) is 0 Å². The summed E-state index contributed by atoms with van der Waals surface area (Å²) in [7, 11) is 2.06. The number of thiazole rings is 1. The number of para-hydroxylation sites is 1. The zero-order chi connectivity index (χ0) is 16.6. The first-order chi connectivity index (χ1) is 10.8. The molecule has 0 spiro atoms. The van der Waals surface area contributed by atoms with Gasteiger partial charge in [0, 0.05) is 20.1 Å². The lowest BCUT2D eigenvalue weighted by atomic mass is 10.2. The lowest BCUT2D eigenvalue weighted by Crippen LogP contribution is -2.39. The minimum Gasteiger partial charge on any atom is -0.444 e. The molecule has 0 N–H and O–H groups in total. The van der Waals surface area contributed by atoms with E-state index < -0.39 is 5.60 Å². The Balaban J connectivity index is 1.67. The van der Waals surface area contributed by atoms with Crippen LogP contribution in [0, 0.1) is 0 Å². The molecule has 23 heavy (non-hydrogen) atoms. The number of hydrogen-bond acceptors (Lipinski definition) is 5. The smallest absolute Gasteiger partial charge is 0.410 e. The molecule has 2 aromatic rings. The van der Waals surface area contributed by atoms with Gasteiger partial charge in [0.25, 0.3) is 0 Å². The summed E-state index contributed by atoms with van der Waals surface area (Å²) < 4.78 is 6.65. The second-order valence-corrected chi connectivity index (χ2v) is 7.95. The first-order valence-corrected chi connectivity index (χ1v) is 8.71. The Morgan fingerprint density at radius 2 is 2.13 bits per heavy atom. The number of hydrogen-bond donors (Lipinski definition) is 0. The fourth-order valence-corrected chi connectivity index (χ4v) is 3.72. The zero-order valence-corrected chi connectivity index (χ0v) is 14.9. The Morgan fingerprint density at radius 3 is 2.83 bits per heavy atom. The van der Waals surface area contributed by atoms with Crippen molar-refractivity contribution in [3.8, 4) is 0 Å². The molecule has 6 heteroatoms. The summed E-state index contributed by atoms with van der Waals surface area (Å²) in [5.41, 5.74) is 0.579. The van der Waals surface area contributed by atoms with Gasteiger partial charge in [0.2, 0.25) is 0 Å². The highest BCUT2D eigenvalue weighted by Gasteiger charge is 2.32. The molecule has 1 aromatic carbocycles. The molecule has 1 aromatic heterocycles. The lowest BCUT2D eigenvalue weighted by molar-refractivity contribution is 0.0292. The number of likely N-dealkylation sites (tertiary alicyclic amines) is 1. The quantitative estimate of drug-likeness (QED) is 0.840. The number of aromatic nitrogens is 1. The second-order valence-electron chi connectivity index (χ2n) is 6.94. The fourth-order valence-electron chi connectivity index (χ4n) is 2.72. The van der Waals surface area contributed by atoms with Gasteiger partial charge in [0.05, 0.1) is 16.3 Å². The van der Waals surface area contributed by atoms with Gasteiger partial charge in [-0.15, -0.1) is 0 Å². The fraction of sp³-hybridized carbons (Fsp3) is 0.529. The maximum absolute atomic E-state index is 12.2. The Bertz CT molecular complexity index is 674. The molecule has 1 aliphatic heterocycles. The van der Waals surface area contributed by atoms with E-state index >= 15 is 0 Å². The first-order valence-electron chi connectivity index (χ1n) is 7.90. The average Bonchev–Trinajstić information content (AvgIpc) is 3.11. The number of likely N-dealkylation sites (N-methyl/N-ethyl adjacent to an activating group) is 1. The Hall–Kier alpha value is -1.82. The van der Waals surface area contributed by atoms with Gasteiger partial charge in [-0.3, -0.25) is 0 Å². The molecular formula is C17H23N3O2S. The third-order valence-corrected chi connectivity index (χ3v) is 5.07. The van der Waals surface area contributed by atoms with Gasteiger partial charge in [-0.2, -0.15) is 0 Å². The van der Waals surface area contributed by atoms with Gasteiger partial charge in [0.15, 0.2) is 5.13 Å². The summed E-state index contributed by atoms with van der Waals surface area (Å²) in [6.07, 6.45) is 0.712. The molecule has 0 saturated carbocycles. The predicted molar refractivity (Wildman–Crippen MR) is 94.2 cm³/mol. The van der Waals surface area contributed by atoms with E-state index in [-0.39, 0.29) is 12.1 Å². The van der Waals surface area contributed by atoms with Gasteiger partial charge in [-0.1, -0.05) is 23.5 Å². The van der Waals surface area contributed by atoms with Crippen LogP contribution in [0.2, 0.25) is 0 Å².